The first-order chi connectivity index (χ1) is 10.1. The summed E-state index contributed by atoms with van der Waals surface area (Å²) in [5.74, 6) is 1.72. The van der Waals surface area contributed by atoms with Gasteiger partial charge >= 0.3 is 0 Å². The van der Waals surface area contributed by atoms with Gasteiger partial charge in [-0.25, -0.2) is 0 Å². The topological polar surface area (TPSA) is 65.5 Å². The molecule has 118 valence electrons. The fraction of sp³-hybridized carbons (Fsp3) is 0.733. The predicted molar refractivity (Wildman–Crippen MR) is 80.6 cm³/mol. The third-order valence-corrected chi connectivity index (χ3v) is 3.61. The van der Waals surface area contributed by atoms with Crippen LogP contribution in [0.5, 0.6) is 5.88 Å². The van der Waals surface area contributed by atoms with Crippen LogP contribution in [-0.4, -0.2) is 49.0 Å². The number of methoxy groups -OCH3 is 1. The van der Waals surface area contributed by atoms with Crippen LogP contribution in [0.15, 0.2) is 12.4 Å². The Morgan fingerprint density at radius 3 is 2.76 bits per heavy atom. The molecule has 1 aliphatic heterocycles. The summed E-state index contributed by atoms with van der Waals surface area (Å²) in [5, 5.41) is 3.30. The molecule has 1 aromatic heterocycles. The van der Waals surface area contributed by atoms with E-state index in [-0.39, 0.29) is 5.60 Å². The Morgan fingerprint density at radius 2 is 2.10 bits per heavy atom. The van der Waals surface area contributed by atoms with E-state index in [4.69, 9.17) is 14.2 Å². The summed E-state index contributed by atoms with van der Waals surface area (Å²) >= 11 is 0. The highest BCUT2D eigenvalue weighted by molar-refractivity contribution is 5.33. The second-order valence-electron chi connectivity index (χ2n) is 5.80. The Morgan fingerprint density at radius 1 is 1.33 bits per heavy atom. The van der Waals surface area contributed by atoms with Crippen LogP contribution in [0, 0.1) is 5.92 Å². The normalized spacial score (nSPS) is 17.7. The maximum atomic E-state index is 5.69. The highest BCUT2D eigenvalue weighted by Crippen LogP contribution is 2.25. The molecule has 0 amide bonds. The third-order valence-electron chi connectivity index (χ3n) is 3.61. The van der Waals surface area contributed by atoms with Crippen molar-refractivity contribution in [3.8, 4) is 5.88 Å². The van der Waals surface area contributed by atoms with Crippen molar-refractivity contribution in [2.24, 2.45) is 5.92 Å². The molecule has 0 bridgehead atoms. The first-order valence-electron chi connectivity index (χ1n) is 7.45. The molecule has 1 N–H and O–H groups in total. The van der Waals surface area contributed by atoms with Crippen molar-refractivity contribution < 1.29 is 14.2 Å². The zero-order valence-corrected chi connectivity index (χ0v) is 13.1. The molecule has 1 aliphatic rings. The minimum absolute atomic E-state index is 0.186. The van der Waals surface area contributed by atoms with E-state index in [1.54, 1.807) is 19.5 Å². The van der Waals surface area contributed by atoms with Gasteiger partial charge in [0.25, 0.3) is 0 Å². The maximum Gasteiger partial charge on any atom is 0.234 e. The van der Waals surface area contributed by atoms with Gasteiger partial charge in [-0.3, -0.25) is 4.98 Å². The summed E-state index contributed by atoms with van der Waals surface area (Å²) in [4.78, 5) is 8.57. The van der Waals surface area contributed by atoms with E-state index in [0.717, 1.165) is 26.1 Å². The SMILES string of the molecule is COC1(CNc2cncc(OCC(C)C)n2)CCOCC1. The minimum Gasteiger partial charge on any atom is -0.476 e. The standard InChI is InChI=1S/C15H25N3O3/c1-12(2)10-21-14-9-16-8-13(18-14)17-11-15(19-3)4-6-20-7-5-15/h8-9,12H,4-7,10-11H2,1-3H3,(H,17,18). The van der Waals surface area contributed by atoms with Gasteiger partial charge in [0.05, 0.1) is 24.6 Å². The van der Waals surface area contributed by atoms with Gasteiger partial charge in [0.1, 0.15) is 5.82 Å². The number of ether oxygens (including phenoxy) is 3. The molecule has 0 saturated carbocycles. The van der Waals surface area contributed by atoms with Crippen LogP contribution in [0.3, 0.4) is 0 Å². The number of hydrogen-bond acceptors (Lipinski definition) is 6. The van der Waals surface area contributed by atoms with Crippen LogP contribution in [0.1, 0.15) is 26.7 Å². The first kappa shape index (κ1) is 16.0. The lowest BCUT2D eigenvalue weighted by atomic mass is 9.94. The molecule has 21 heavy (non-hydrogen) atoms. The highest BCUT2D eigenvalue weighted by atomic mass is 16.5. The van der Waals surface area contributed by atoms with Gasteiger partial charge in [-0.1, -0.05) is 13.8 Å². The fourth-order valence-corrected chi connectivity index (χ4v) is 2.20. The Labute approximate surface area is 126 Å². The summed E-state index contributed by atoms with van der Waals surface area (Å²) in [5.41, 5.74) is -0.186. The number of nitrogens with zero attached hydrogens (tertiary/aromatic N) is 2. The van der Waals surface area contributed by atoms with Crippen molar-refractivity contribution >= 4 is 5.82 Å². The van der Waals surface area contributed by atoms with Crippen molar-refractivity contribution in [3.63, 3.8) is 0 Å². The second kappa shape index (κ2) is 7.56. The molecule has 0 radical (unpaired) electrons. The maximum absolute atomic E-state index is 5.69. The van der Waals surface area contributed by atoms with E-state index in [9.17, 15) is 0 Å². The van der Waals surface area contributed by atoms with Crippen LogP contribution in [0.25, 0.3) is 0 Å². The van der Waals surface area contributed by atoms with E-state index >= 15 is 0 Å². The van der Waals surface area contributed by atoms with Crippen molar-refractivity contribution in [1.82, 2.24) is 9.97 Å². The molecule has 6 heteroatoms. The van der Waals surface area contributed by atoms with Gasteiger partial charge in [0, 0.05) is 39.7 Å². The summed E-state index contributed by atoms with van der Waals surface area (Å²) < 4.78 is 16.7. The smallest absolute Gasteiger partial charge is 0.234 e. The number of anilines is 1. The number of rotatable bonds is 7. The van der Waals surface area contributed by atoms with Crippen LogP contribution in [0.2, 0.25) is 0 Å². The molecule has 2 rings (SSSR count). The van der Waals surface area contributed by atoms with E-state index in [1.807, 2.05) is 0 Å². The van der Waals surface area contributed by atoms with Crippen LogP contribution < -0.4 is 10.1 Å². The van der Waals surface area contributed by atoms with Gasteiger partial charge in [-0.2, -0.15) is 4.98 Å². The zero-order chi connectivity index (χ0) is 15.1. The van der Waals surface area contributed by atoms with Gasteiger partial charge in [0.15, 0.2) is 0 Å². The van der Waals surface area contributed by atoms with Crippen molar-refractivity contribution in [2.45, 2.75) is 32.3 Å². The van der Waals surface area contributed by atoms with E-state index in [1.165, 1.54) is 0 Å². The van der Waals surface area contributed by atoms with Gasteiger partial charge in [-0.05, 0) is 5.92 Å². The zero-order valence-electron chi connectivity index (χ0n) is 13.1. The Balaban J connectivity index is 1.91. The molecule has 0 unspecified atom stereocenters. The Kier molecular flexibility index (Phi) is 5.76. The minimum atomic E-state index is -0.186. The van der Waals surface area contributed by atoms with Gasteiger partial charge < -0.3 is 19.5 Å². The molecule has 0 spiro atoms. The van der Waals surface area contributed by atoms with Crippen LogP contribution in [0.4, 0.5) is 5.82 Å². The van der Waals surface area contributed by atoms with Crippen LogP contribution in [-0.2, 0) is 9.47 Å². The molecule has 0 aliphatic carbocycles. The summed E-state index contributed by atoms with van der Waals surface area (Å²) in [6, 6.07) is 0. The molecule has 0 aromatic carbocycles. The van der Waals surface area contributed by atoms with Gasteiger partial charge in [0.2, 0.25) is 5.88 Å². The van der Waals surface area contributed by atoms with E-state index < -0.39 is 0 Å². The van der Waals surface area contributed by atoms with Crippen molar-refractivity contribution in [2.75, 3.05) is 38.8 Å². The molecule has 1 saturated heterocycles. The molecule has 2 heterocycles. The van der Waals surface area contributed by atoms with Crippen molar-refractivity contribution in [3.05, 3.63) is 12.4 Å². The fourth-order valence-electron chi connectivity index (χ4n) is 2.20. The molecule has 1 aromatic rings. The van der Waals surface area contributed by atoms with E-state index in [2.05, 4.69) is 29.1 Å². The lowest BCUT2D eigenvalue weighted by Crippen LogP contribution is -2.44. The first-order valence-corrected chi connectivity index (χ1v) is 7.45. The molecular formula is C15H25N3O3. The highest BCUT2D eigenvalue weighted by Gasteiger charge is 2.32. The summed E-state index contributed by atoms with van der Waals surface area (Å²) in [7, 11) is 1.75. The van der Waals surface area contributed by atoms with Crippen LogP contribution >= 0.6 is 0 Å². The summed E-state index contributed by atoms with van der Waals surface area (Å²) in [6.45, 7) is 7.00. The van der Waals surface area contributed by atoms with E-state index in [0.29, 0.717) is 30.8 Å². The van der Waals surface area contributed by atoms with Crippen molar-refractivity contribution in [1.29, 1.82) is 0 Å². The largest absolute Gasteiger partial charge is 0.476 e. The lowest BCUT2D eigenvalue weighted by molar-refractivity contribution is -0.0807. The molecular weight excluding hydrogens is 270 g/mol. The number of hydrogen-bond donors (Lipinski definition) is 1. The summed E-state index contributed by atoms with van der Waals surface area (Å²) in [6.07, 6.45) is 5.10. The average Bonchev–Trinajstić information content (AvgIpc) is 2.52. The number of aromatic nitrogens is 2. The average molecular weight is 295 g/mol. The van der Waals surface area contributed by atoms with Gasteiger partial charge in [-0.15, -0.1) is 0 Å². The Bertz CT molecular complexity index is 434. The second-order valence-corrected chi connectivity index (χ2v) is 5.80. The molecule has 0 atom stereocenters. The quantitative estimate of drug-likeness (QED) is 0.831. The monoisotopic (exact) mass is 295 g/mol. The molecule has 1 fully saturated rings. The lowest BCUT2D eigenvalue weighted by Gasteiger charge is -2.36. The molecule has 6 nitrogen and oxygen atoms in total. The Hall–Kier alpha value is -1.40. The third kappa shape index (κ3) is 4.82. The predicted octanol–water partition coefficient (Wildman–Crippen LogP) is 2.12. The number of nitrogens with one attached hydrogen (secondary N) is 1.